The molecule has 0 bridgehead atoms. The monoisotopic (exact) mass is 193 g/mol. The highest BCUT2D eigenvalue weighted by atomic mass is 32.1. The lowest BCUT2D eigenvalue weighted by atomic mass is 10.3. The third-order valence-corrected chi connectivity index (χ3v) is 2.85. The Hall–Kier alpha value is -1.16. The first kappa shape index (κ1) is 8.44. The molecule has 0 aliphatic heterocycles. The molecule has 0 amide bonds. The molecule has 2 aromatic heterocycles. The molecule has 0 atom stereocenters. The standard InChI is InChI=1S/C9H11N3S/c1-3-9-11-8(6-13-9)7-4-10-12(2)5-7/h4-6H,3H2,1-2H3. The summed E-state index contributed by atoms with van der Waals surface area (Å²) in [5.74, 6) is 0. The molecular weight excluding hydrogens is 182 g/mol. The fraction of sp³-hybridized carbons (Fsp3) is 0.333. The normalized spacial score (nSPS) is 10.6. The minimum atomic E-state index is 1.00. The van der Waals surface area contributed by atoms with E-state index in [0.717, 1.165) is 17.7 Å². The Morgan fingerprint density at radius 1 is 1.54 bits per heavy atom. The Morgan fingerprint density at radius 2 is 2.38 bits per heavy atom. The van der Waals surface area contributed by atoms with E-state index in [4.69, 9.17) is 0 Å². The fourth-order valence-electron chi connectivity index (χ4n) is 1.16. The average molecular weight is 193 g/mol. The predicted molar refractivity (Wildman–Crippen MR) is 53.7 cm³/mol. The van der Waals surface area contributed by atoms with Crippen molar-refractivity contribution in [3.63, 3.8) is 0 Å². The van der Waals surface area contributed by atoms with Crippen LogP contribution in [0, 0.1) is 0 Å². The van der Waals surface area contributed by atoms with Gasteiger partial charge >= 0.3 is 0 Å². The number of aryl methyl sites for hydroxylation is 2. The van der Waals surface area contributed by atoms with Crippen molar-refractivity contribution < 1.29 is 0 Å². The Bertz CT molecular complexity index is 402. The zero-order chi connectivity index (χ0) is 9.26. The van der Waals surface area contributed by atoms with E-state index in [9.17, 15) is 0 Å². The molecule has 0 saturated heterocycles. The highest BCUT2D eigenvalue weighted by molar-refractivity contribution is 7.09. The van der Waals surface area contributed by atoms with Gasteiger partial charge in [0, 0.05) is 24.2 Å². The lowest BCUT2D eigenvalue weighted by Crippen LogP contribution is -1.84. The second-order valence-corrected chi connectivity index (χ2v) is 3.83. The molecule has 68 valence electrons. The Balaban J connectivity index is 2.35. The molecule has 2 aromatic rings. The van der Waals surface area contributed by atoms with E-state index >= 15 is 0 Å². The van der Waals surface area contributed by atoms with Gasteiger partial charge in [-0.2, -0.15) is 5.10 Å². The van der Waals surface area contributed by atoms with Crippen LogP contribution in [0.2, 0.25) is 0 Å². The molecule has 13 heavy (non-hydrogen) atoms. The van der Waals surface area contributed by atoms with Crippen LogP contribution in [-0.4, -0.2) is 14.8 Å². The van der Waals surface area contributed by atoms with Crippen molar-refractivity contribution in [1.29, 1.82) is 0 Å². The highest BCUT2D eigenvalue weighted by Gasteiger charge is 2.04. The second kappa shape index (κ2) is 3.30. The van der Waals surface area contributed by atoms with Crippen molar-refractivity contribution in [1.82, 2.24) is 14.8 Å². The average Bonchev–Trinajstić information content (AvgIpc) is 2.71. The number of thiazole rings is 1. The van der Waals surface area contributed by atoms with Crippen LogP contribution in [0.1, 0.15) is 11.9 Å². The lowest BCUT2D eigenvalue weighted by Gasteiger charge is -1.87. The lowest BCUT2D eigenvalue weighted by molar-refractivity contribution is 0.768. The van der Waals surface area contributed by atoms with Crippen molar-refractivity contribution in [2.75, 3.05) is 0 Å². The maximum atomic E-state index is 4.48. The summed E-state index contributed by atoms with van der Waals surface area (Å²) in [6.45, 7) is 2.12. The highest BCUT2D eigenvalue weighted by Crippen LogP contribution is 2.20. The summed E-state index contributed by atoms with van der Waals surface area (Å²) in [6.07, 6.45) is 4.83. The quantitative estimate of drug-likeness (QED) is 0.731. The van der Waals surface area contributed by atoms with Gasteiger partial charge in [0.25, 0.3) is 0 Å². The number of aromatic nitrogens is 3. The summed E-state index contributed by atoms with van der Waals surface area (Å²) in [7, 11) is 1.91. The van der Waals surface area contributed by atoms with Crippen molar-refractivity contribution in [3.8, 4) is 11.3 Å². The summed E-state index contributed by atoms with van der Waals surface area (Å²) in [5, 5.41) is 7.37. The number of hydrogen-bond acceptors (Lipinski definition) is 3. The van der Waals surface area contributed by atoms with Crippen LogP contribution in [0.15, 0.2) is 17.8 Å². The minimum absolute atomic E-state index is 1.00. The first-order chi connectivity index (χ1) is 6.29. The molecule has 0 aliphatic rings. The zero-order valence-corrected chi connectivity index (χ0v) is 8.51. The van der Waals surface area contributed by atoms with Crippen molar-refractivity contribution in [2.24, 2.45) is 7.05 Å². The molecule has 0 N–H and O–H groups in total. The summed E-state index contributed by atoms with van der Waals surface area (Å²) < 4.78 is 1.79. The predicted octanol–water partition coefficient (Wildman–Crippen LogP) is 2.11. The third kappa shape index (κ3) is 1.62. The molecule has 0 saturated carbocycles. The topological polar surface area (TPSA) is 30.7 Å². The molecule has 4 heteroatoms. The first-order valence-electron chi connectivity index (χ1n) is 4.23. The van der Waals surface area contributed by atoms with Crippen LogP contribution in [0.4, 0.5) is 0 Å². The minimum Gasteiger partial charge on any atom is -0.275 e. The molecule has 0 fully saturated rings. The number of rotatable bonds is 2. The summed E-state index contributed by atoms with van der Waals surface area (Å²) in [6, 6.07) is 0. The van der Waals surface area contributed by atoms with Crippen LogP contribution in [0.3, 0.4) is 0 Å². The van der Waals surface area contributed by atoms with Gasteiger partial charge in [-0.3, -0.25) is 4.68 Å². The molecule has 3 nitrogen and oxygen atoms in total. The van der Waals surface area contributed by atoms with E-state index in [2.05, 4.69) is 22.4 Å². The molecule has 0 aliphatic carbocycles. The van der Waals surface area contributed by atoms with E-state index in [0.29, 0.717) is 0 Å². The number of hydrogen-bond donors (Lipinski definition) is 0. The Morgan fingerprint density at radius 3 is 2.92 bits per heavy atom. The largest absolute Gasteiger partial charge is 0.275 e. The van der Waals surface area contributed by atoms with E-state index in [1.165, 1.54) is 5.01 Å². The molecule has 0 spiro atoms. The molecule has 2 rings (SSSR count). The van der Waals surface area contributed by atoms with Gasteiger partial charge in [0.2, 0.25) is 0 Å². The maximum Gasteiger partial charge on any atom is 0.0929 e. The van der Waals surface area contributed by atoms with Gasteiger partial charge in [-0.05, 0) is 6.42 Å². The molecule has 0 radical (unpaired) electrons. The zero-order valence-electron chi connectivity index (χ0n) is 7.69. The number of nitrogens with zero attached hydrogens (tertiary/aromatic N) is 3. The Kier molecular flexibility index (Phi) is 2.14. The van der Waals surface area contributed by atoms with Crippen molar-refractivity contribution >= 4 is 11.3 Å². The van der Waals surface area contributed by atoms with Crippen LogP contribution >= 0.6 is 11.3 Å². The van der Waals surface area contributed by atoms with Gasteiger partial charge in [0.05, 0.1) is 16.9 Å². The van der Waals surface area contributed by atoms with Gasteiger partial charge in [-0.25, -0.2) is 4.98 Å². The first-order valence-corrected chi connectivity index (χ1v) is 5.11. The van der Waals surface area contributed by atoms with Crippen LogP contribution in [0.25, 0.3) is 11.3 Å². The molecule has 0 aromatic carbocycles. The smallest absolute Gasteiger partial charge is 0.0929 e. The van der Waals surface area contributed by atoms with Crippen molar-refractivity contribution in [3.05, 3.63) is 22.8 Å². The van der Waals surface area contributed by atoms with Gasteiger partial charge < -0.3 is 0 Å². The molecule has 2 heterocycles. The van der Waals surface area contributed by atoms with E-state index in [1.807, 2.05) is 19.4 Å². The second-order valence-electron chi connectivity index (χ2n) is 2.88. The van der Waals surface area contributed by atoms with E-state index < -0.39 is 0 Å². The van der Waals surface area contributed by atoms with Gasteiger partial charge in [0.15, 0.2) is 0 Å². The molecule has 0 unspecified atom stereocenters. The summed E-state index contributed by atoms with van der Waals surface area (Å²) >= 11 is 1.71. The summed E-state index contributed by atoms with van der Waals surface area (Å²) in [4.78, 5) is 4.48. The molecular formula is C9H11N3S. The van der Waals surface area contributed by atoms with Crippen LogP contribution in [0.5, 0.6) is 0 Å². The van der Waals surface area contributed by atoms with Crippen molar-refractivity contribution in [2.45, 2.75) is 13.3 Å². The fourth-order valence-corrected chi connectivity index (χ4v) is 1.91. The summed E-state index contributed by atoms with van der Waals surface area (Å²) in [5.41, 5.74) is 2.13. The van der Waals surface area contributed by atoms with Gasteiger partial charge in [-0.15, -0.1) is 11.3 Å². The van der Waals surface area contributed by atoms with Crippen LogP contribution in [-0.2, 0) is 13.5 Å². The van der Waals surface area contributed by atoms with Gasteiger partial charge in [-0.1, -0.05) is 6.92 Å². The van der Waals surface area contributed by atoms with Crippen LogP contribution < -0.4 is 0 Å². The third-order valence-electron chi connectivity index (χ3n) is 1.85. The van der Waals surface area contributed by atoms with E-state index in [1.54, 1.807) is 16.0 Å². The van der Waals surface area contributed by atoms with E-state index in [-0.39, 0.29) is 0 Å². The van der Waals surface area contributed by atoms with Gasteiger partial charge in [0.1, 0.15) is 0 Å². The SMILES string of the molecule is CCc1nc(-c2cnn(C)c2)cs1. The Labute approximate surface area is 81.1 Å². The maximum absolute atomic E-state index is 4.48.